The van der Waals surface area contributed by atoms with Crippen LogP contribution in [0.2, 0.25) is 0 Å². The molecule has 0 radical (unpaired) electrons. The number of rotatable bonds is 3. The van der Waals surface area contributed by atoms with Crippen molar-refractivity contribution in [3.63, 3.8) is 0 Å². The summed E-state index contributed by atoms with van der Waals surface area (Å²) in [6, 6.07) is 6.95. The summed E-state index contributed by atoms with van der Waals surface area (Å²) in [5.74, 6) is 1.69. The molecule has 0 bridgehead atoms. The van der Waals surface area contributed by atoms with E-state index in [1.165, 1.54) is 43.2 Å². The highest BCUT2D eigenvalue weighted by atomic mass is 79.9. The zero-order chi connectivity index (χ0) is 19.8. The average molecular weight is 432 g/mol. The fraction of sp³-hybridized carbons (Fsp3) is 0.625. The minimum atomic E-state index is 0.0940. The van der Waals surface area contributed by atoms with Crippen LogP contribution in [-0.4, -0.2) is 4.98 Å². The highest BCUT2D eigenvalue weighted by Crippen LogP contribution is 2.37. The van der Waals surface area contributed by atoms with Crippen molar-refractivity contribution in [1.29, 1.82) is 0 Å². The molecule has 2 aromatic rings. The Morgan fingerprint density at radius 3 is 2.00 bits per heavy atom. The van der Waals surface area contributed by atoms with Gasteiger partial charge in [0.05, 0.1) is 5.69 Å². The van der Waals surface area contributed by atoms with Crippen LogP contribution < -0.4 is 0 Å². The lowest BCUT2D eigenvalue weighted by molar-refractivity contribution is 0.354. The summed E-state index contributed by atoms with van der Waals surface area (Å²) in [5.41, 5.74) is 5.16. The maximum atomic E-state index is 6.08. The molecule has 27 heavy (non-hydrogen) atoms. The summed E-state index contributed by atoms with van der Waals surface area (Å²) in [6.07, 6.45) is 7.75. The van der Waals surface area contributed by atoms with Crippen molar-refractivity contribution >= 4 is 15.9 Å². The molecule has 1 fully saturated rings. The Morgan fingerprint density at radius 1 is 0.926 bits per heavy atom. The van der Waals surface area contributed by atoms with Gasteiger partial charge in [-0.1, -0.05) is 79.7 Å². The van der Waals surface area contributed by atoms with Crippen LogP contribution in [0.4, 0.5) is 0 Å². The first-order chi connectivity index (χ1) is 12.5. The molecule has 0 aliphatic heterocycles. The highest BCUT2D eigenvalue weighted by molar-refractivity contribution is 9.10. The molecule has 148 valence electrons. The fourth-order valence-electron chi connectivity index (χ4n) is 3.98. The minimum absolute atomic E-state index is 0.0940. The van der Waals surface area contributed by atoms with Crippen LogP contribution in [0.15, 0.2) is 27.4 Å². The van der Waals surface area contributed by atoms with E-state index < -0.39 is 0 Å². The molecule has 3 heteroatoms. The van der Waals surface area contributed by atoms with Crippen molar-refractivity contribution in [2.45, 2.75) is 90.9 Å². The van der Waals surface area contributed by atoms with Crippen molar-refractivity contribution in [2.75, 3.05) is 0 Å². The fourth-order valence-corrected chi connectivity index (χ4v) is 4.35. The molecular formula is C24H34BrNO. The third-order valence-corrected chi connectivity index (χ3v) is 6.14. The zero-order valence-corrected chi connectivity index (χ0v) is 19.4. The van der Waals surface area contributed by atoms with Gasteiger partial charge >= 0.3 is 0 Å². The smallest absolute Gasteiger partial charge is 0.264 e. The van der Waals surface area contributed by atoms with Crippen molar-refractivity contribution in [3.05, 3.63) is 39.8 Å². The minimum Gasteiger partial charge on any atom is -0.431 e. The Hall–Kier alpha value is -1.09. The molecule has 1 aliphatic carbocycles. The highest BCUT2D eigenvalue weighted by Gasteiger charge is 2.25. The van der Waals surface area contributed by atoms with E-state index in [0.29, 0.717) is 4.80 Å². The average Bonchev–Trinajstić information content (AvgIpc) is 2.94. The van der Waals surface area contributed by atoms with Gasteiger partial charge in [-0.3, -0.25) is 0 Å². The summed E-state index contributed by atoms with van der Waals surface area (Å²) in [4.78, 5) is 5.31. The molecule has 1 aliphatic rings. The molecule has 0 atom stereocenters. The van der Waals surface area contributed by atoms with Gasteiger partial charge in [0.25, 0.3) is 4.80 Å². The van der Waals surface area contributed by atoms with E-state index in [4.69, 9.17) is 9.40 Å². The number of hydrogen-bond donors (Lipinski definition) is 0. The van der Waals surface area contributed by atoms with Crippen LogP contribution in [-0.2, 0) is 17.3 Å². The van der Waals surface area contributed by atoms with E-state index in [2.05, 4.69) is 75.7 Å². The maximum Gasteiger partial charge on any atom is 0.264 e. The lowest BCUT2D eigenvalue weighted by atomic mass is 9.79. The van der Waals surface area contributed by atoms with Gasteiger partial charge in [0.2, 0.25) is 0 Å². The first-order valence-electron chi connectivity index (χ1n) is 10.4. The Bertz CT molecular complexity index is 753. The standard InChI is InChI=1S/C24H34BrNO/c1-23(2,3)18-13-17(14-19(15-18)24(4,5)6)21-20(26-22(25)27-21)12-16-10-8-7-9-11-16/h13-16H,7-12H2,1-6H3. The van der Waals surface area contributed by atoms with Crippen LogP contribution in [0.1, 0.15) is 90.5 Å². The van der Waals surface area contributed by atoms with E-state index in [1.807, 2.05) is 0 Å². The second-order valence-electron chi connectivity index (χ2n) is 10.2. The molecular weight excluding hydrogens is 398 g/mol. The monoisotopic (exact) mass is 431 g/mol. The SMILES string of the molecule is CC(C)(C)c1cc(-c2oc(Br)nc2CC2CCCCC2)cc(C(C)(C)C)c1. The summed E-state index contributed by atoms with van der Waals surface area (Å²) < 4.78 is 6.08. The lowest BCUT2D eigenvalue weighted by Gasteiger charge is -2.26. The largest absolute Gasteiger partial charge is 0.431 e. The van der Waals surface area contributed by atoms with Crippen LogP contribution >= 0.6 is 15.9 Å². The number of halogens is 1. The maximum absolute atomic E-state index is 6.08. The zero-order valence-electron chi connectivity index (χ0n) is 17.8. The Balaban J connectivity index is 2.05. The van der Waals surface area contributed by atoms with Gasteiger partial charge < -0.3 is 4.42 Å². The van der Waals surface area contributed by atoms with Gasteiger partial charge in [-0.2, -0.15) is 0 Å². The Labute approximate surface area is 173 Å². The molecule has 1 aromatic carbocycles. The predicted octanol–water partition coefficient (Wildman–Crippen LogP) is 7.82. The molecule has 1 saturated carbocycles. The van der Waals surface area contributed by atoms with Crippen LogP contribution in [0.25, 0.3) is 11.3 Å². The number of nitrogens with zero attached hydrogens (tertiary/aromatic N) is 1. The predicted molar refractivity (Wildman–Crippen MR) is 117 cm³/mol. The molecule has 1 aromatic heterocycles. The molecule has 0 spiro atoms. The van der Waals surface area contributed by atoms with Crippen molar-refractivity contribution in [1.82, 2.24) is 4.98 Å². The molecule has 3 rings (SSSR count). The van der Waals surface area contributed by atoms with Gasteiger partial charge in [0.15, 0.2) is 5.76 Å². The van der Waals surface area contributed by atoms with E-state index >= 15 is 0 Å². The Morgan fingerprint density at radius 2 is 1.48 bits per heavy atom. The van der Waals surface area contributed by atoms with Gasteiger partial charge in [-0.05, 0) is 46.4 Å². The third-order valence-electron chi connectivity index (χ3n) is 5.81. The molecule has 2 nitrogen and oxygen atoms in total. The van der Waals surface area contributed by atoms with Crippen molar-refractivity contribution in [3.8, 4) is 11.3 Å². The summed E-state index contributed by atoms with van der Waals surface area (Å²) >= 11 is 3.48. The summed E-state index contributed by atoms with van der Waals surface area (Å²) in [7, 11) is 0. The number of hydrogen-bond acceptors (Lipinski definition) is 2. The first kappa shape index (κ1) is 20.6. The molecule has 0 saturated heterocycles. The van der Waals surface area contributed by atoms with E-state index in [0.717, 1.165) is 29.4 Å². The lowest BCUT2D eigenvalue weighted by Crippen LogP contribution is -2.16. The molecule has 1 heterocycles. The number of benzene rings is 1. The molecule has 0 unspecified atom stereocenters. The van der Waals surface area contributed by atoms with Crippen LogP contribution in [0.5, 0.6) is 0 Å². The normalized spacial score (nSPS) is 16.7. The third kappa shape index (κ3) is 5.04. The van der Waals surface area contributed by atoms with Crippen molar-refractivity contribution < 1.29 is 4.42 Å². The number of oxazole rings is 1. The quantitative estimate of drug-likeness (QED) is 0.494. The first-order valence-corrected chi connectivity index (χ1v) is 11.1. The van der Waals surface area contributed by atoms with Crippen LogP contribution in [0.3, 0.4) is 0 Å². The van der Waals surface area contributed by atoms with Crippen LogP contribution in [0, 0.1) is 5.92 Å². The second kappa shape index (κ2) is 7.73. The van der Waals surface area contributed by atoms with Crippen molar-refractivity contribution in [2.24, 2.45) is 5.92 Å². The second-order valence-corrected chi connectivity index (χ2v) is 10.9. The van der Waals surface area contributed by atoms with Gasteiger partial charge in [0.1, 0.15) is 0 Å². The van der Waals surface area contributed by atoms with Gasteiger partial charge in [0, 0.05) is 21.5 Å². The van der Waals surface area contributed by atoms with E-state index in [9.17, 15) is 0 Å². The van der Waals surface area contributed by atoms with E-state index in [-0.39, 0.29) is 10.8 Å². The number of aromatic nitrogens is 1. The topological polar surface area (TPSA) is 26.0 Å². The molecule has 0 N–H and O–H groups in total. The molecule has 0 amide bonds. The van der Waals surface area contributed by atoms with E-state index in [1.54, 1.807) is 0 Å². The Kier molecular flexibility index (Phi) is 5.91. The van der Waals surface area contributed by atoms with Gasteiger partial charge in [-0.25, -0.2) is 4.98 Å². The summed E-state index contributed by atoms with van der Waals surface area (Å²) in [5, 5.41) is 0. The van der Waals surface area contributed by atoms with Gasteiger partial charge in [-0.15, -0.1) is 0 Å². The summed E-state index contributed by atoms with van der Waals surface area (Å²) in [6.45, 7) is 13.7.